The van der Waals surface area contributed by atoms with Gasteiger partial charge in [0.05, 0.1) is 7.11 Å². The number of methoxy groups -OCH3 is 1. The molecule has 0 saturated heterocycles. The summed E-state index contributed by atoms with van der Waals surface area (Å²) in [5.74, 6) is -0.736. The zero-order chi connectivity index (χ0) is 14.6. The highest BCUT2D eigenvalue weighted by Gasteiger charge is 2.17. The Morgan fingerprint density at radius 2 is 1.89 bits per heavy atom. The molecule has 0 amide bonds. The number of rotatable bonds is 3. The summed E-state index contributed by atoms with van der Waals surface area (Å²) in [4.78, 5) is 24.4. The van der Waals surface area contributed by atoms with E-state index in [1.807, 2.05) is 20.8 Å². The third-order valence-corrected chi connectivity index (χ3v) is 3.11. The molecule has 0 aliphatic rings. The standard InChI is InChI=1S/C14H18O4S/c1-9(12(15)18-14(2,3)4)8-10-6-7-11(19-10)13(16)17-5/h6-8H,1-5H3/b9-8-. The van der Waals surface area contributed by atoms with Crippen LogP contribution in [0.25, 0.3) is 6.08 Å². The molecule has 0 saturated carbocycles. The van der Waals surface area contributed by atoms with Gasteiger partial charge >= 0.3 is 11.9 Å². The molecule has 5 heteroatoms. The minimum Gasteiger partial charge on any atom is -0.465 e. The van der Waals surface area contributed by atoms with Gasteiger partial charge in [-0.25, -0.2) is 9.59 Å². The summed E-state index contributed by atoms with van der Waals surface area (Å²) in [5, 5.41) is 0. The molecule has 0 aliphatic heterocycles. The minimum atomic E-state index is -0.515. The third-order valence-electron chi connectivity index (χ3n) is 2.09. The van der Waals surface area contributed by atoms with Crippen LogP contribution in [0.3, 0.4) is 0 Å². The SMILES string of the molecule is COC(=O)c1ccc(/C=C(/C)C(=O)OC(C)(C)C)s1. The van der Waals surface area contributed by atoms with Crippen molar-refractivity contribution in [1.29, 1.82) is 0 Å². The monoisotopic (exact) mass is 282 g/mol. The highest BCUT2D eigenvalue weighted by atomic mass is 32.1. The molecule has 4 nitrogen and oxygen atoms in total. The zero-order valence-electron chi connectivity index (χ0n) is 11.8. The molecule has 0 spiro atoms. The molecule has 1 aromatic heterocycles. The Labute approximate surface area is 117 Å². The van der Waals surface area contributed by atoms with Gasteiger partial charge in [-0.2, -0.15) is 0 Å². The molecule has 0 aliphatic carbocycles. The van der Waals surface area contributed by atoms with Gasteiger partial charge in [0.25, 0.3) is 0 Å². The van der Waals surface area contributed by atoms with Crippen LogP contribution in [0.2, 0.25) is 0 Å². The van der Waals surface area contributed by atoms with Crippen molar-refractivity contribution in [1.82, 2.24) is 0 Å². The first kappa shape index (κ1) is 15.4. The second kappa shape index (κ2) is 6.02. The van der Waals surface area contributed by atoms with E-state index in [1.54, 1.807) is 25.1 Å². The number of hydrogen-bond donors (Lipinski definition) is 0. The number of carbonyl (C=O) groups is 2. The van der Waals surface area contributed by atoms with E-state index in [0.717, 1.165) is 4.88 Å². The van der Waals surface area contributed by atoms with Crippen LogP contribution in [-0.2, 0) is 14.3 Å². The predicted molar refractivity (Wildman–Crippen MR) is 75.2 cm³/mol. The third kappa shape index (κ3) is 4.87. The summed E-state index contributed by atoms with van der Waals surface area (Å²) >= 11 is 1.27. The summed E-state index contributed by atoms with van der Waals surface area (Å²) in [6, 6.07) is 3.44. The molecule has 0 atom stereocenters. The molecule has 1 aromatic rings. The maximum Gasteiger partial charge on any atom is 0.348 e. The van der Waals surface area contributed by atoms with E-state index in [1.165, 1.54) is 18.4 Å². The van der Waals surface area contributed by atoms with Crippen molar-refractivity contribution in [2.24, 2.45) is 0 Å². The molecule has 104 valence electrons. The second-order valence-corrected chi connectivity index (χ2v) is 6.14. The van der Waals surface area contributed by atoms with E-state index in [2.05, 4.69) is 4.74 Å². The van der Waals surface area contributed by atoms with E-state index < -0.39 is 5.60 Å². The fourth-order valence-corrected chi connectivity index (χ4v) is 2.20. The van der Waals surface area contributed by atoms with Gasteiger partial charge in [0.2, 0.25) is 0 Å². The maximum absolute atomic E-state index is 11.8. The highest BCUT2D eigenvalue weighted by Crippen LogP contribution is 2.21. The van der Waals surface area contributed by atoms with Crippen LogP contribution in [0, 0.1) is 0 Å². The average Bonchev–Trinajstić information content (AvgIpc) is 2.74. The van der Waals surface area contributed by atoms with Crippen molar-refractivity contribution >= 4 is 29.4 Å². The highest BCUT2D eigenvalue weighted by molar-refractivity contribution is 7.14. The number of hydrogen-bond acceptors (Lipinski definition) is 5. The molecular formula is C14H18O4S. The molecular weight excluding hydrogens is 264 g/mol. The van der Waals surface area contributed by atoms with Crippen LogP contribution in [0.1, 0.15) is 42.2 Å². The van der Waals surface area contributed by atoms with Crippen molar-refractivity contribution in [2.75, 3.05) is 7.11 Å². The topological polar surface area (TPSA) is 52.6 Å². The van der Waals surface area contributed by atoms with Gasteiger partial charge in [-0.05, 0) is 45.9 Å². The van der Waals surface area contributed by atoms with E-state index in [4.69, 9.17) is 4.74 Å². The maximum atomic E-state index is 11.8. The molecule has 0 radical (unpaired) electrons. The summed E-state index contributed by atoms with van der Waals surface area (Å²) in [6.45, 7) is 7.14. The van der Waals surface area contributed by atoms with Crippen molar-refractivity contribution in [2.45, 2.75) is 33.3 Å². The van der Waals surface area contributed by atoms with Gasteiger partial charge in [-0.3, -0.25) is 0 Å². The molecule has 1 heterocycles. The van der Waals surface area contributed by atoms with E-state index in [-0.39, 0.29) is 11.9 Å². The number of thiophene rings is 1. The van der Waals surface area contributed by atoms with Gasteiger partial charge in [-0.15, -0.1) is 11.3 Å². The predicted octanol–water partition coefficient (Wildman–Crippen LogP) is 3.28. The van der Waals surface area contributed by atoms with E-state index in [9.17, 15) is 9.59 Å². The smallest absolute Gasteiger partial charge is 0.348 e. The second-order valence-electron chi connectivity index (χ2n) is 5.02. The Morgan fingerprint density at radius 1 is 1.26 bits per heavy atom. The molecule has 0 N–H and O–H groups in total. The lowest BCUT2D eigenvalue weighted by Gasteiger charge is -2.19. The average molecular weight is 282 g/mol. The van der Waals surface area contributed by atoms with Crippen molar-refractivity contribution in [3.05, 3.63) is 27.5 Å². The Bertz CT molecular complexity index is 506. The summed E-state index contributed by atoms with van der Waals surface area (Å²) < 4.78 is 9.88. The molecule has 1 rings (SSSR count). The van der Waals surface area contributed by atoms with Crippen LogP contribution in [0.4, 0.5) is 0 Å². The Hall–Kier alpha value is -1.62. The van der Waals surface area contributed by atoms with Crippen molar-refractivity contribution < 1.29 is 19.1 Å². The summed E-state index contributed by atoms with van der Waals surface area (Å²) in [7, 11) is 1.34. The van der Waals surface area contributed by atoms with Crippen molar-refractivity contribution in [3.8, 4) is 0 Å². The Balaban J connectivity index is 2.82. The minimum absolute atomic E-state index is 0.361. The largest absolute Gasteiger partial charge is 0.465 e. The van der Waals surface area contributed by atoms with E-state index in [0.29, 0.717) is 10.5 Å². The molecule has 0 unspecified atom stereocenters. The lowest BCUT2D eigenvalue weighted by atomic mass is 10.2. The first-order valence-corrected chi connectivity index (χ1v) is 6.64. The zero-order valence-corrected chi connectivity index (χ0v) is 12.6. The number of ether oxygens (including phenoxy) is 2. The fourth-order valence-electron chi connectivity index (χ4n) is 1.27. The lowest BCUT2D eigenvalue weighted by molar-refractivity contribution is -0.149. The molecule has 0 fully saturated rings. The van der Waals surface area contributed by atoms with Gasteiger partial charge in [0.1, 0.15) is 10.5 Å². The van der Waals surface area contributed by atoms with Gasteiger partial charge in [0.15, 0.2) is 0 Å². The molecule has 19 heavy (non-hydrogen) atoms. The first-order valence-electron chi connectivity index (χ1n) is 5.83. The van der Waals surface area contributed by atoms with Crippen LogP contribution in [0.15, 0.2) is 17.7 Å². The molecule has 0 bridgehead atoms. The van der Waals surface area contributed by atoms with Crippen molar-refractivity contribution in [3.63, 3.8) is 0 Å². The van der Waals surface area contributed by atoms with Gasteiger partial charge < -0.3 is 9.47 Å². The summed E-state index contributed by atoms with van der Waals surface area (Å²) in [6.07, 6.45) is 1.70. The fraction of sp³-hybridized carbons (Fsp3) is 0.429. The summed E-state index contributed by atoms with van der Waals surface area (Å²) in [5.41, 5.74) is -0.0214. The van der Waals surface area contributed by atoms with E-state index >= 15 is 0 Å². The quantitative estimate of drug-likeness (QED) is 0.630. The number of esters is 2. The van der Waals surface area contributed by atoms with Gasteiger partial charge in [-0.1, -0.05) is 0 Å². The Morgan fingerprint density at radius 3 is 2.42 bits per heavy atom. The van der Waals surface area contributed by atoms with Gasteiger partial charge in [0, 0.05) is 10.5 Å². The van der Waals surface area contributed by atoms with Crippen LogP contribution >= 0.6 is 11.3 Å². The Kier molecular flexibility index (Phi) is 4.89. The first-order chi connectivity index (χ1) is 8.73. The molecule has 0 aromatic carbocycles. The van der Waals surface area contributed by atoms with Crippen LogP contribution in [-0.4, -0.2) is 24.6 Å². The normalized spacial score (nSPS) is 12.2. The lowest BCUT2D eigenvalue weighted by Crippen LogP contribution is -2.24. The number of carbonyl (C=O) groups excluding carboxylic acids is 2. The van der Waals surface area contributed by atoms with Crippen LogP contribution < -0.4 is 0 Å². The van der Waals surface area contributed by atoms with Crippen LogP contribution in [0.5, 0.6) is 0 Å².